The quantitative estimate of drug-likeness (QED) is 0.790. The number of amides is 1. The molecule has 1 heterocycles. The standard InChI is InChI=1S/C16H21N3OS2/c1-12-18-13(10-21-12)11-22-15-7-5-4-6-14(15)16(20)19(3)9-8-17-2/h4-7,10,17H,8-9,11H2,1-3H3. The fourth-order valence-corrected chi connectivity index (χ4v) is 3.64. The van der Waals surface area contributed by atoms with E-state index in [0.29, 0.717) is 6.54 Å². The molecule has 1 aromatic carbocycles. The summed E-state index contributed by atoms with van der Waals surface area (Å²) in [6, 6.07) is 7.78. The molecule has 0 spiro atoms. The van der Waals surface area contributed by atoms with Crippen molar-refractivity contribution in [2.75, 3.05) is 27.2 Å². The second kappa shape index (κ2) is 8.31. The number of thiazole rings is 1. The third-order valence-electron chi connectivity index (χ3n) is 3.20. The Labute approximate surface area is 139 Å². The van der Waals surface area contributed by atoms with Crippen molar-refractivity contribution in [1.82, 2.24) is 15.2 Å². The summed E-state index contributed by atoms with van der Waals surface area (Å²) >= 11 is 3.32. The van der Waals surface area contributed by atoms with Crippen molar-refractivity contribution in [2.45, 2.75) is 17.6 Å². The van der Waals surface area contributed by atoms with Gasteiger partial charge in [0, 0.05) is 36.2 Å². The highest BCUT2D eigenvalue weighted by Crippen LogP contribution is 2.27. The molecule has 0 aliphatic heterocycles. The van der Waals surface area contributed by atoms with Crippen LogP contribution in [0.5, 0.6) is 0 Å². The van der Waals surface area contributed by atoms with E-state index in [-0.39, 0.29) is 5.91 Å². The van der Waals surface area contributed by atoms with E-state index >= 15 is 0 Å². The second-order valence-corrected chi connectivity index (χ2v) is 7.05. The van der Waals surface area contributed by atoms with E-state index in [2.05, 4.69) is 15.7 Å². The zero-order valence-corrected chi connectivity index (χ0v) is 14.8. The Morgan fingerprint density at radius 3 is 2.86 bits per heavy atom. The first-order chi connectivity index (χ1) is 10.6. The van der Waals surface area contributed by atoms with Gasteiger partial charge in [-0.15, -0.1) is 23.1 Å². The second-order valence-electron chi connectivity index (χ2n) is 4.97. The molecule has 118 valence electrons. The van der Waals surface area contributed by atoms with Crippen LogP contribution >= 0.6 is 23.1 Å². The van der Waals surface area contributed by atoms with Gasteiger partial charge in [0.05, 0.1) is 16.3 Å². The van der Waals surface area contributed by atoms with Crippen molar-refractivity contribution in [3.63, 3.8) is 0 Å². The topological polar surface area (TPSA) is 45.2 Å². The first kappa shape index (κ1) is 17.0. The van der Waals surface area contributed by atoms with Gasteiger partial charge in [-0.05, 0) is 26.1 Å². The fraction of sp³-hybridized carbons (Fsp3) is 0.375. The Hall–Kier alpha value is -1.37. The summed E-state index contributed by atoms with van der Waals surface area (Å²) in [6.45, 7) is 3.49. The van der Waals surface area contributed by atoms with Gasteiger partial charge < -0.3 is 10.2 Å². The number of nitrogens with one attached hydrogen (secondary N) is 1. The number of carbonyl (C=O) groups excluding carboxylic acids is 1. The molecule has 1 N–H and O–H groups in total. The van der Waals surface area contributed by atoms with Crippen LogP contribution < -0.4 is 5.32 Å². The molecule has 1 aromatic heterocycles. The summed E-state index contributed by atoms with van der Waals surface area (Å²) < 4.78 is 0. The van der Waals surface area contributed by atoms with Crippen molar-refractivity contribution in [3.8, 4) is 0 Å². The molecule has 0 bridgehead atoms. The smallest absolute Gasteiger partial charge is 0.254 e. The number of rotatable bonds is 7. The number of aromatic nitrogens is 1. The molecule has 0 saturated heterocycles. The van der Waals surface area contributed by atoms with Gasteiger partial charge in [0.15, 0.2) is 0 Å². The van der Waals surface area contributed by atoms with E-state index < -0.39 is 0 Å². The molecule has 2 rings (SSSR count). The van der Waals surface area contributed by atoms with Crippen LogP contribution in [-0.4, -0.2) is 43.0 Å². The number of hydrogen-bond acceptors (Lipinski definition) is 5. The molecule has 22 heavy (non-hydrogen) atoms. The van der Waals surface area contributed by atoms with Gasteiger partial charge in [-0.25, -0.2) is 4.98 Å². The van der Waals surface area contributed by atoms with Crippen molar-refractivity contribution in [3.05, 3.63) is 45.9 Å². The predicted octanol–water partition coefficient (Wildman–Crippen LogP) is 3.04. The molecule has 0 aliphatic rings. The molecule has 6 heteroatoms. The minimum Gasteiger partial charge on any atom is -0.340 e. The van der Waals surface area contributed by atoms with Crippen LogP contribution in [0.25, 0.3) is 0 Å². The van der Waals surface area contributed by atoms with Gasteiger partial charge in [-0.3, -0.25) is 4.79 Å². The minimum absolute atomic E-state index is 0.0628. The van der Waals surface area contributed by atoms with Crippen molar-refractivity contribution in [2.24, 2.45) is 0 Å². The summed E-state index contributed by atoms with van der Waals surface area (Å²) in [5.41, 5.74) is 1.83. The van der Waals surface area contributed by atoms with Crippen LogP contribution in [0.3, 0.4) is 0 Å². The van der Waals surface area contributed by atoms with E-state index in [1.165, 1.54) is 0 Å². The summed E-state index contributed by atoms with van der Waals surface area (Å²) in [4.78, 5) is 19.8. The van der Waals surface area contributed by atoms with Gasteiger partial charge in [0.2, 0.25) is 0 Å². The van der Waals surface area contributed by atoms with E-state index in [4.69, 9.17) is 0 Å². The largest absolute Gasteiger partial charge is 0.340 e. The molecule has 0 atom stereocenters. The molecular weight excluding hydrogens is 314 g/mol. The maximum Gasteiger partial charge on any atom is 0.254 e. The molecule has 0 aliphatic carbocycles. The third kappa shape index (κ3) is 4.56. The number of carbonyl (C=O) groups is 1. The summed E-state index contributed by atoms with van der Waals surface area (Å²) in [7, 11) is 3.73. The molecule has 0 saturated carbocycles. The van der Waals surface area contributed by atoms with E-state index in [1.807, 2.05) is 45.3 Å². The van der Waals surface area contributed by atoms with Gasteiger partial charge in [0.25, 0.3) is 5.91 Å². The number of aryl methyl sites for hydroxylation is 1. The average molecular weight is 335 g/mol. The van der Waals surface area contributed by atoms with Crippen LogP contribution in [-0.2, 0) is 5.75 Å². The lowest BCUT2D eigenvalue weighted by Gasteiger charge is -2.18. The van der Waals surface area contributed by atoms with Gasteiger partial charge >= 0.3 is 0 Å². The highest BCUT2D eigenvalue weighted by atomic mass is 32.2. The van der Waals surface area contributed by atoms with Crippen LogP contribution in [0.1, 0.15) is 21.1 Å². The summed E-state index contributed by atoms with van der Waals surface area (Å²) in [5.74, 6) is 0.849. The highest BCUT2D eigenvalue weighted by Gasteiger charge is 2.15. The molecule has 2 aromatic rings. The molecule has 0 unspecified atom stereocenters. The Balaban J connectivity index is 2.07. The first-order valence-corrected chi connectivity index (χ1v) is 9.01. The van der Waals surface area contributed by atoms with Crippen LogP contribution in [0.15, 0.2) is 34.5 Å². The molecule has 1 amide bonds. The van der Waals surface area contributed by atoms with Gasteiger partial charge in [-0.1, -0.05) is 12.1 Å². The van der Waals surface area contributed by atoms with Gasteiger partial charge in [0.1, 0.15) is 0 Å². The van der Waals surface area contributed by atoms with Crippen LogP contribution in [0, 0.1) is 6.92 Å². The predicted molar refractivity (Wildman–Crippen MR) is 93.7 cm³/mol. The third-order valence-corrected chi connectivity index (χ3v) is 5.13. The zero-order chi connectivity index (χ0) is 15.9. The minimum atomic E-state index is 0.0628. The van der Waals surface area contributed by atoms with E-state index in [1.54, 1.807) is 28.0 Å². The van der Waals surface area contributed by atoms with E-state index in [9.17, 15) is 4.79 Å². The Morgan fingerprint density at radius 2 is 2.18 bits per heavy atom. The highest BCUT2D eigenvalue weighted by molar-refractivity contribution is 7.98. The SMILES string of the molecule is CNCCN(C)C(=O)c1ccccc1SCc1csc(C)n1. The molecule has 0 fully saturated rings. The van der Waals surface area contributed by atoms with Crippen LogP contribution in [0.4, 0.5) is 0 Å². The lowest BCUT2D eigenvalue weighted by Crippen LogP contribution is -2.33. The number of nitrogens with zero attached hydrogens (tertiary/aromatic N) is 2. The number of benzene rings is 1. The average Bonchev–Trinajstić information content (AvgIpc) is 2.95. The molecule has 4 nitrogen and oxygen atoms in total. The lowest BCUT2D eigenvalue weighted by atomic mass is 10.2. The lowest BCUT2D eigenvalue weighted by molar-refractivity contribution is 0.0793. The first-order valence-electron chi connectivity index (χ1n) is 7.14. The fourth-order valence-electron chi connectivity index (χ4n) is 1.98. The normalized spacial score (nSPS) is 10.7. The molecular formula is C16H21N3OS2. The van der Waals surface area contributed by atoms with Crippen LogP contribution in [0.2, 0.25) is 0 Å². The van der Waals surface area contributed by atoms with E-state index in [0.717, 1.165) is 33.5 Å². The maximum absolute atomic E-state index is 12.6. The maximum atomic E-state index is 12.6. The van der Waals surface area contributed by atoms with Gasteiger partial charge in [-0.2, -0.15) is 0 Å². The Morgan fingerprint density at radius 1 is 1.41 bits per heavy atom. The monoisotopic (exact) mass is 335 g/mol. The zero-order valence-electron chi connectivity index (χ0n) is 13.1. The summed E-state index contributed by atoms with van der Waals surface area (Å²) in [6.07, 6.45) is 0. The Kier molecular flexibility index (Phi) is 6.42. The molecule has 0 radical (unpaired) electrons. The Bertz CT molecular complexity index is 627. The van der Waals surface area contributed by atoms with Crippen molar-refractivity contribution in [1.29, 1.82) is 0 Å². The van der Waals surface area contributed by atoms with Crippen molar-refractivity contribution < 1.29 is 4.79 Å². The van der Waals surface area contributed by atoms with Crippen molar-refractivity contribution >= 4 is 29.0 Å². The number of hydrogen-bond donors (Lipinski definition) is 1. The number of thioether (sulfide) groups is 1. The number of likely N-dealkylation sites (N-methyl/N-ethyl adjacent to an activating group) is 2. The summed E-state index contributed by atoms with van der Waals surface area (Å²) in [5, 5.41) is 6.21.